The second-order valence-electron chi connectivity index (χ2n) is 4.77. The highest BCUT2D eigenvalue weighted by Gasteiger charge is 2.16. The molecule has 2 aromatic heterocycles. The molecule has 0 saturated heterocycles. The smallest absolute Gasteiger partial charge is 0.259 e. The number of H-pyrrole nitrogens is 1. The highest BCUT2D eigenvalue weighted by molar-refractivity contribution is 6.05. The molecule has 0 aliphatic heterocycles. The third-order valence-corrected chi connectivity index (χ3v) is 3.29. The van der Waals surface area contributed by atoms with Gasteiger partial charge in [-0.25, -0.2) is 0 Å². The van der Waals surface area contributed by atoms with Gasteiger partial charge >= 0.3 is 0 Å². The number of aryl methyl sites for hydroxylation is 3. The Hall–Kier alpha value is -2.15. The van der Waals surface area contributed by atoms with Crippen LogP contribution in [0.5, 0.6) is 0 Å². The van der Waals surface area contributed by atoms with Gasteiger partial charge in [-0.2, -0.15) is 10.2 Å². The number of anilines is 1. The van der Waals surface area contributed by atoms with Crippen molar-refractivity contribution in [2.75, 3.05) is 11.9 Å². The van der Waals surface area contributed by atoms with Crippen molar-refractivity contribution in [1.82, 2.24) is 20.0 Å². The summed E-state index contributed by atoms with van der Waals surface area (Å²) in [7, 11) is 0. The van der Waals surface area contributed by atoms with E-state index in [-0.39, 0.29) is 5.91 Å². The lowest BCUT2D eigenvalue weighted by Gasteiger charge is -2.06. The van der Waals surface area contributed by atoms with Gasteiger partial charge in [-0.05, 0) is 33.7 Å². The van der Waals surface area contributed by atoms with Gasteiger partial charge in [0.1, 0.15) is 0 Å². The Morgan fingerprint density at radius 1 is 1.45 bits per heavy atom. The molecule has 0 aliphatic rings. The first-order chi connectivity index (χ1) is 9.54. The van der Waals surface area contributed by atoms with Gasteiger partial charge in [0.25, 0.3) is 5.91 Å². The van der Waals surface area contributed by atoms with E-state index in [2.05, 4.69) is 20.6 Å². The minimum atomic E-state index is -0.172. The van der Waals surface area contributed by atoms with Crippen LogP contribution in [0.15, 0.2) is 6.20 Å². The molecule has 108 valence electrons. The number of hydrogen-bond acceptors (Lipinski definition) is 4. The second-order valence-corrected chi connectivity index (χ2v) is 4.77. The van der Waals surface area contributed by atoms with E-state index in [1.54, 1.807) is 10.9 Å². The maximum absolute atomic E-state index is 12.3. The van der Waals surface area contributed by atoms with Gasteiger partial charge in [-0.1, -0.05) is 0 Å². The van der Waals surface area contributed by atoms with E-state index in [1.807, 2.05) is 20.8 Å². The number of aromatic nitrogens is 4. The van der Waals surface area contributed by atoms with Crippen LogP contribution in [0.25, 0.3) is 0 Å². The molecule has 0 atom stereocenters. The standard InChI is InChI=1S/C13H20N6O/c1-8-12(9(2)18-17-8)16-13(20)11-7-15-19(10(11)3)6-4-5-14/h7H,4-6,14H2,1-3H3,(H,16,20)(H,17,18). The van der Waals surface area contributed by atoms with Crippen molar-refractivity contribution in [3.8, 4) is 0 Å². The zero-order valence-electron chi connectivity index (χ0n) is 12.0. The van der Waals surface area contributed by atoms with E-state index in [1.165, 1.54) is 0 Å². The highest BCUT2D eigenvalue weighted by atomic mass is 16.1. The number of nitrogens with two attached hydrogens (primary N) is 1. The molecule has 0 unspecified atom stereocenters. The van der Waals surface area contributed by atoms with Crippen molar-refractivity contribution in [1.29, 1.82) is 0 Å². The average Bonchev–Trinajstić information content (AvgIpc) is 2.94. The quantitative estimate of drug-likeness (QED) is 0.762. The van der Waals surface area contributed by atoms with Gasteiger partial charge in [0.2, 0.25) is 0 Å². The van der Waals surface area contributed by atoms with Crippen molar-refractivity contribution in [2.45, 2.75) is 33.7 Å². The van der Waals surface area contributed by atoms with Crippen LogP contribution in [0.1, 0.15) is 33.9 Å². The van der Waals surface area contributed by atoms with E-state index >= 15 is 0 Å². The van der Waals surface area contributed by atoms with Crippen LogP contribution in [0, 0.1) is 20.8 Å². The molecule has 2 rings (SSSR count). The molecule has 2 aromatic rings. The fourth-order valence-corrected chi connectivity index (χ4v) is 2.05. The van der Waals surface area contributed by atoms with Gasteiger partial charge in [-0.15, -0.1) is 0 Å². The summed E-state index contributed by atoms with van der Waals surface area (Å²) < 4.78 is 1.80. The number of nitrogens with zero attached hydrogens (tertiary/aromatic N) is 3. The first kappa shape index (κ1) is 14.3. The summed E-state index contributed by atoms with van der Waals surface area (Å²) in [5, 5.41) is 14.0. The Labute approximate surface area is 117 Å². The van der Waals surface area contributed by atoms with Gasteiger partial charge in [0, 0.05) is 12.2 Å². The van der Waals surface area contributed by atoms with Crippen LogP contribution in [0.3, 0.4) is 0 Å². The molecule has 7 nitrogen and oxygen atoms in total. The Morgan fingerprint density at radius 2 is 2.20 bits per heavy atom. The molecule has 0 aromatic carbocycles. The van der Waals surface area contributed by atoms with Gasteiger partial charge < -0.3 is 11.1 Å². The van der Waals surface area contributed by atoms with Gasteiger partial charge in [0.15, 0.2) is 0 Å². The number of carbonyl (C=O) groups excluding carboxylic acids is 1. The maximum atomic E-state index is 12.3. The van der Waals surface area contributed by atoms with Crippen molar-refractivity contribution in [3.05, 3.63) is 28.8 Å². The highest BCUT2D eigenvalue weighted by Crippen LogP contribution is 2.18. The first-order valence-electron chi connectivity index (χ1n) is 6.60. The van der Waals surface area contributed by atoms with E-state index in [9.17, 15) is 4.79 Å². The lowest BCUT2D eigenvalue weighted by molar-refractivity contribution is 0.102. The topological polar surface area (TPSA) is 102 Å². The Bertz CT molecular complexity index is 593. The van der Waals surface area contributed by atoms with Crippen LogP contribution in [-0.4, -0.2) is 32.4 Å². The number of nitrogens with one attached hydrogen (secondary N) is 2. The molecule has 1 amide bonds. The summed E-state index contributed by atoms with van der Waals surface area (Å²) in [5.41, 5.74) is 9.23. The normalized spacial score (nSPS) is 10.8. The van der Waals surface area contributed by atoms with E-state index in [4.69, 9.17) is 5.73 Å². The molecule has 20 heavy (non-hydrogen) atoms. The minimum absolute atomic E-state index is 0.172. The Balaban J connectivity index is 2.16. The van der Waals surface area contributed by atoms with Crippen LogP contribution in [0.4, 0.5) is 5.69 Å². The van der Waals surface area contributed by atoms with Crippen molar-refractivity contribution in [2.24, 2.45) is 5.73 Å². The Morgan fingerprint density at radius 3 is 2.80 bits per heavy atom. The number of carbonyl (C=O) groups is 1. The first-order valence-corrected chi connectivity index (χ1v) is 6.60. The lowest BCUT2D eigenvalue weighted by atomic mass is 10.2. The summed E-state index contributed by atoms with van der Waals surface area (Å²) in [6, 6.07) is 0. The number of hydrogen-bond donors (Lipinski definition) is 3. The molecular weight excluding hydrogens is 256 g/mol. The predicted molar refractivity (Wildman–Crippen MR) is 76.7 cm³/mol. The molecule has 0 fully saturated rings. The number of rotatable bonds is 5. The molecule has 2 heterocycles. The van der Waals surface area contributed by atoms with Crippen LogP contribution < -0.4 is 11.1 Å². The summed E-state index contributed by atoms with van der Waals surface area (Å²) in [6.07, 6.45) is 2.43. The van der Waals surface area contributed by atoms with Crippen molar-refractivity contribution in [3.63, 3.8) is 0 Å². The molecule has 7 heteroatoms. The fourth-order valence-electron chi connectivity index (χ4n) is 2.05. The monoisotopic (exact) mass is 276 g/mol. The van der Waals surface area contributed by atoms with Crippen molar-refractivity contribution >= 4 is 11.6 Å². The minimum Gasteiger partial charge on any atom is -0.330 e. The summed E-state index contributed by atoms with van der Waals surface area (Å²) >= 11 is 0. The van der Waals surface area contributed by atoms with E-state index in [0.29, 0.717) is 12.1 Å². The van der Waals surface area contributed by atoms with E-state index < -0.39 is 0 Å². The van der Waals surface area contributed by atoms with Gasteiger partial charge in [-0.3, -0.25) is 14.6 Å². The molecule has 0 radical (unpaired) electrons. The molecule has 0 aliphatic carbocycles. The SMILES string of the molecule is Cc1n[nH]c(C)c1NC(=O)c1cnn(CCCN)c1C. The molecule has 4 N–H and O–H groups in total. The fraction of sp³-hybridized carbons (Fsp3) is 0.462. The maximum Gasteiger partial charge on any atom is 0.259 e. The third kappa shape index (κ3) is 2.72. The predicted octanol–water partition coefficient (Wildman–Crippen LogP) is 1.13. The largest absolute Gasteiger partial charge is 0.330 e. The summed E-state index contributed by atoms with van der Waals surface area (Å²) in [6.45, 7) is 6.92. The summed E-state index contributed by atoms with van der Waals surface area (Å²) in [4.78, 5) is 12.3. The lowest BCUT2D eigenvalue weighted by Crippen LogP contribution is -2.15. The molecular formula is C13H20N6O. The Kier molecular flexibility index (Phi) is 4.19. The number of amides is 1. The molecule has 0 bridgehead atoms. The average molecular weight is 276 g/mol. The molecule has 0 spiro atoms. The third-order valence-electron chi connectivity index (χ3n) is 3.29. The van der Waals surface area contributed by atoms with Gasteiger partial charge in [0.05, 0.1) is 28.8 Å². The van der Waals surface area contributed by atoms with Crippen LogP contribution >= 0.6 is 0 Å². The number of aromatic amines is 1. The van der Waals surface area contributed by atoms with Crippen LogP contribution in [-0.2, 0) is 6.54 Å². The van der Waals surface area contributed by atoms with Crippen LogP contribution in [0.2, 0.25) is 0 Å². The molecule has 0 saturated carbocycles. The summed E-state index contributed by atoms with van der Waals surface area (Å²) in [5.74, 6) is -0.172. The van der Waals surface area contributed by atoms with E-state index in [0.717, 1.165) is 35.7 Å². The second kappa shape index (κ2) is 5.87. The van der Waals surface area contributed by atoms with Crippen molar-refractivity contribution < 1.29 is 4.79 Å². The zero-order valence-corrected chi connectivity index (χ0v) is 12.0. The zero-order chi connectivity index (χ0) is 14.7.